The van der Waals surface area contributed by atoms with Gasteiger partial charge in [0.2, 0.25) is 0 Å². The van der Waals surface area contributed by atoms with Crippen molar-refractivity contribution in [2.45, 2.75) is 39.1 Å². The van der Waals surface area contributed by atoms with Gasteiger partial charge in [-0.25, -0.2) is 4.98 Å². The SMILES string of the molecule is Cc1scnc1CN1CCCn2nc([C@@H](O)CN(C)C)cc2C1. The summed E-state index contributed by atoms with van der Waals surface area (Å²) in [5.74, 6) is 0. The van der Waals surface area contributed by atoms with Crippen LogP contribution in [-0.2, 0) is 19.6 Å². The van der Waals surface area contributed by atoms with Crippen molar-refractivity contribution in [1.82, 2.24) is 24.6 Å². The molecule has 6 nitrogen and oxygen atoms in total. The molecule has 2 aromatic heterocycles. The van der Waals surface area contributed by atoms with Crippen molar-refractivity contribution in [1.29, 1.82) is 0 Å². The Morgan fingerprint density at radius 2 is 2.22 bits per heavy atom. The number of fused-ring (bicyclic) bond motifs is 1. The zero-order valence-electron chi connectivity index (χ0n) is 14.1. The minimum Gasteiger partial charge on any atom is -0.385 e. The lowest BCUT2D eigenvalue weighted by Crippen LogP contribution is -2.23. The van der Waals surface area contributed by atoms with E-state index in [4.69, 9.17) is 0 Å². The van der Waals surface area contributed by atoms with Gasteiger partial charge in [-0.2, -0.15) is 5.10 Å². The van der Waals surface area contributed by atoms with Crippen LogP contribution >= 0.6 is 11.3 Å². The lowest BCUT2D eigenvalue weighted by atomic mass is 10.2. The van der Waals surface area contributed by atoms with E-state index in [1.54, 1.807) is 11.3 Å². The van der Waals surface area contributed by atoms with Gasteiger partial charge in [0.1, 0.15) is 6.10 Å². The van der Waals surface area contributed by atoms with Crippen molar-refractivity contribution in [3.05, 3.63) is 33.5 Å². The third kappa shape index (κ3) is 3.98. The number of aryl methyl sites for hydroxylation is 2. The van der Waals surface area contributed by atoms with Crippen molar-refractivity contribution in [2.75, 3.05) is 27.2 Å². The van der Waals surface area contributed by atoms with E-state index in [-0.39, 0.29) is 0 Å². The number of hydrogen-bond donors (Lipinski definition) is 1. The standard InChI is InChI=1S/C16H25N5OS/c1-12-15(17-11-23-12)9-20-5-4-6-21-13(8-20)7-14(18-21)16(22)10-19(2)3/h7,11,16,22H,4-6,8-10H2,1-3H3/t16-/m0/s1. The molecule has 1 aliphatic rings. The number of rotatable bonds is 5. The molecule has 0 radical (unpaired) electrons. The third-order valence-electron chi connectivity index (χ3n) is 4.21. The molecule has 1 aliphatic heterocycles. The quantitative estimate of drug-likeness (QED) is 0.900. The van der Waals surface area contributed by atoms with E-state index in [0.29, 0.717) is 6.54 Å². The molecule has 0 amide bonds. The molecule has 23 heavy (non-hydrogen) atoms. The summed E-state index contributed by atoms with van der Waals surface area (Å²) < 4.78 is 2.06. The van der Waals surface area contributed by atoms with Crippen LogP contribution in [0, 0.1) is 6.92 Å². The van der Waals surface area contributed by atoms with Crippen molar-refractivity contribution < 1.29 is 5.11 Å². The normalized spacial score (nSPS) is 17.3. The number of aliphatic hydroxyl groups is 1. The summed E-state index contributed by atoms with van der Waals surface area (Å²) in [6.07, 6.45) is 0.541. The molecular weight excluding hydrogens is 310 g/mol. The van der Waals surface area contributed by atoms with E-state index in [9.17, 15) is 5.11 Å². The Balaban J connectivity index is 1.72. The Labute approximate surface area is 141 Å². The maximum atomic E-state index is 10.3. The van der Waals surface area contributed by atoms with Crippen LogP contribution in [0.5, 0.6) is 0 Å². The molecule has 0 fully saturated rings. The first kappa shape index (κ1) is 16.6. The second-order valence-electron chi connectivity index (χ2n) is 6.48. The Morgan fingerprint density at radius 3 is 2.91 bits per heavy atom. The monoisotopic (exact) mass is 335 g/mol. The van der Waals surface area contributed by atoms with E-state index < -0.39 is 6.10 Å². The minimum absolute atomic E-state index is 0.529. The van der Waals surface area contributed by atoms with Gasteiger partial charge in [-0.1, -0.05) is 0 Å². The molecule has 0 aromatic carbocycles. The van der Waals surface area contributed by atoms with Gasteiger partial charge in [0.25, 0.3) is 0 Å². The largest absolute Gasteiger partial charge is 0.385 e. The first-order valence-corrected chi connectivity index (χ1v) is 8.91. The fourth-order valence-corrected chi connectivity index (χ4v) is 3.57. The topological polar surface area (TPSA) is 57.4 Å². The first-order valence-electron chi connectivity index (χ1n) is 8.03. The maximum Gasteiger partial charge on any atom is 0.110 e. The number of nitrogens with zero attached hydrogens (tertiary/aromatic N) is 5. The molecule has 0 spiro atoms. The summed E-state index contributed by atoms with van der Waals surface area (Å²) in [5, 5.41) is 14.9. The van der Waals surface area contributed by atoms with Gasteiger partial charge in [-0.3, -0.25) is 9.58 Å². The molecule has 0 aliphatic carbocycles. The Bertz CT molecular complexity index is 651. The smallest absolute Gasteiger partial charge is 0.110 e. The highest BCUT2D eigenvalue weighted by atomic mass is 32.1. The molecule has 3 heterocycles. The fraction of sp³-hybridized carbons (Fsp3) is 0.625. The van der Waals surface area contributed by atoms with Crippen LogP contribution in [0.3, 0.4) is 0 Å². The molecule has 1 N–H and O–H groups in total. The van der Waals surface area contributed by atoms with Gasteiger partial charge in [-0.15, -0.1) is 11.3 Å². The summed E-state index contributed by atoms with van der Waals surface area (Å²) in [6, 6.07) is 2.06. The molecule has 2 aromatic rings. The summed E-state index contributed by atoms with van der Waals surface area (Å²) in [7, 11) is 3.92. The molecule has 0 saturated carbocycles. The molecule has 7 heteroatoms. The summed E-state index contributed by atoms with van der Waals surface area (Å²) >= 11 is 1.70. The van der Waals surface area contributed by atoms with Crippen molar-refractivity contribution >= 4 is 11.3 Å². The molecule has 0 unspecified atom stereocenters. The Morgan fingerprint density at radius 1 is 1.39 bits per heavy atom. The Hall–Kier alpha value is -1.28. The van der Waals surface area contributed by atoms with E-state index in [1.165, 1.54) is 16.3 Å². The Kier molecular flexibility index (Phi) is 5.11. The van der Waals surface area contributed by atoms with Crippen LogP contribution in [0.15, 0.2) is 11.6 Å². The van der Waals surface area contributed by atoms with E-state index in [0.717, 1.165) is 38.3 Å². The predicted octanol–water partition coefficient (Wildman–Crippen LogP) is 1.65. The van der Waals surface area contributed by atoms with Crippen molar-refractivity contribution in [2.24, 2.45) is 0 Å². The second kappa shape index (κ2) is 7.09. The summed E-state index contributed by atoms with van der Waals surface area (Å²) in [4.78, 5) is 10.2. The molecule has 3 rings (SSSR count). The molecule has 1 atom stereocenters. The zero-order chi connectivity index (χ0) is 16.4. The van der Waals surface area contributed by atoms with Gasteiger partial charge in [0, 0.05) is 37.6 Å². The van der Waals surface area contributed by atoms with Gasteiger partial charge in [0.05, 0.1) is 22.6 Å². The molecule has 0 bridgehead atoms. The van der Waals surface area contributed by atoms with Gasteiger partial charge < -0.3 is 10.0 Å². The average Bonchev–Trinajstić information content (AvgIpc) is 3.01. The minimum atomic E-state index is -0.529. The van der Waals surface area contributed by atoms with Crippen LogP contribution in [0.2, 0.25) is 0 Å². The third-order valence-corrected chi connectivity index (χ3v) is 5.01. The number of likely N-dealkylation sites (N-methyl/N-ethyl adjacent to an activating group) is 1. The van der Waals surface area contributed by atoms with E-state index in [2.05, 4.69) is 32.7 Å². The zero-order valence-corrected chi connectivity index (χ0v) is 14.9. The molecule has 126 valence electrons. The maximum absolute atomic E-state index is 10.3. The van der Waals surface area contributed by atoms with Gasteiger partial charge in [-0.05, 0) is 33.5 Å². The first-order chi connectivity index (χ1) is 11.0. The summed E-state index contributed by atoms with van der Waals surface area (Å²) in [6.45, 7) is 6.43. The fourth-order valence-electron chi connectivity index (χ4n) is 2.98. The van der Waals surface area contributed by atoms with E-state index in [1.807, 2.05) is 24.5 Å². The van der Waals surface area contributed by atoms with Crippen LogP contribution in [0.1, 0.15) is 34.5 Å². The number of aliphatic hydroxyl groups excluding tert-OH is 1. The number of thiazole rings is 1. The van der Waals surface area contributed by atoms with Gasteiger partial charge >= 0.3 is 0 Å². The highest BCUT2D eigenvalue weighted by Crippen LogP contribution is 2.21. The lowest BCUT2D eigenvalue weighted by Gasteiger charge is -2.18. The van der Waals surface area contributed by atoms with Crippen LogP contribution in [0.25, 0.3) is 0 Å². The second-order valence-corrected chi connectivity index (χ2v) is 7.54. The van der Waals surface area contributed by atoms with Crippen molar-refractivity contribution in [3.8, 4) is 0 Å². The lowest BCUT2D eigenvalue weighted by molar-refractivity contribution is 0.133. The van der Waals surface area contributed by atoms with Crippen molar-refractivity contribution in [3.63, 3.8) is 0 Å². The molecular formula is C16H25N5OS. The van der Waals surface area contributed by atoms with E-state index >= 15 is 0 Å². The molecule has 0 saturated heterocycles. The number of hydrogen-bond acceptors (Lipinski definition) is 6. The number of aromatic nitrogens is 3. The average molecular weight is 335 g/mol. The van der Waals surface area contributed by atoms with Crippen LogP contribution < -0.4 is 0 Å². The highest BCUT2D eigenvalue weighted by Gasteiger charge is 2.21. The summed E-state index contributed by atoms with van der Waals surface area (Å²) in [5.41, 5.74) is 5.06. The predicted molar refractivity (Wildman–Crippen MR) is 91.3 cm³/mol. The highest BCUT2D eigenvalue weighted by molar-refractivity contribution is 7.09. The van der Waals surface area contributed by atoms with Gasteiger partial charge in [0.15, 0.2) is 0 Å². The van der Waals surface area contributed by atoms with Crippen LogP contribution in [0.4, 0.5) is 0 Å². The van der Waals surface area contributed by atoms with Crippen LogP contribution in [-0.4, -0.2) is 56.9 Å².